The average molecular weight is 466 g/mol. The topological polar surface area (TPSA) is 38.8 Å². The third kappa shape index (κ3) is 16.3. The van der Waals surface area contributed by atoms with E-state index in [1.54, 1.807) is 0 Å². The van der Waals surface area contributed by atoms with Crippen molar-refractivity contribution in [2.45, 2.75) is 136 Å². The van der Waals surface area contributed by atoms with Crippen LogP contribution in [0.2, 0.25) is 0 Å². The van der Waals surface area contributed by atoms with E-state index in [9.17, 15) is 4.79 Å². The molecule has 1 aliphatic rings. The lowest BCUT2D eigenvalue weighted by Crippen LogP contribution is -2.30. The first-order valence-corrected chi connectivity index (χ1v) is 14.4. The fourth-order valence-corrected chi connectivity index (χ4v) is 4.37. The van der Waals surface area contributed by atoms with Crippen LogP contribution in [0.5, 0.6) is 0 Å². The molecular weight excluding hydrogens is 410 g/mol. The second kappa shape index (κ2) is 21.5. The van der Waals surface area contributed by atoms with E-state index >= 15 is 0 Å². The molecule has 0 aromatic rings. The molecule has 0 unspecified atom stereocenters. The van der Waals surface area contributed by atoms with Crippen LogP contribution in [-0.2, 0) is 14.3 Å². The second-order valence-corrected chi connectivity index (χ2v) is 9.82. The Morgan fingerprint density at radius 3 is 1.64 bits per heavy atom. The molecule has 0 amide bonds. The highest BCUT2D eigenvalue weighted by Gasteiger charge is 2.19. The van der Waals surface area contributed by atoms with Crippen molar-refractivity contribution in [3.05, 3.63) is 11.3 Å². The van der Waals surface area contributed by atoms with Gasteiger partial charge in [-0.15, -0.1) is 0 Å². The minimum Gasteiger partial charge on any atom is -0.493 e. The fourth-order valence-electron chi connectivity index (χ4n) is 4.37. The first-order valence-electron chi connectivity index (χ1n) is 14.4. The van der Waals surface area contributed by atoms with E-state index in [1.807, 2.05) is 6.92 Å². The van der Waals surface area contributed by atoms with Crippen molar-refractivity contribution < 1.29 is 14.3 Å². The normalized spacial score (nSPS) is 13.3. The molecule has 33 heavy (non-hydrogen) atoms. The Balaban J connectivity index is 2.45. The first kappa shape index (κ1) is 30.0. The predicted molar refractivity (Wildman–Crippen MR) is 141 cm³/mol. The van der Waals surface area contributed by atoms with Crippen molar-refractivity contribution in [3.63, 3.8) is 0 Å². The number of carbonyl (C=O) groups excluding carboxylic acids is 1. The molecule has 0 aromatic heterocycles. The van der Waals surface area contributed by atoms with Crippen LogP contribution < -0.4 is 0 Å². The molecule has 0 saturated heterocycles. The first-order chi connectivity index (χ1) is 16.2. The van der Waals surface area contributed by atoms with Gasteiger partial charge in [-0.05, 0) is 50.8 Å². The smallest absolute Gasteiger partial charge is 0.305 e. The standard InChI is InChI=1S/C29H55NO3/c1-4-7-9-11-13-15-17-22-30(23-18-16-14-12-10-8-5-2)26-28(27-20-19-21-27)32-24-25-33-29(31)6-3/h4-26H2,1-3H3. The largest absolute Gasteiger partial charge is 0.493 e. The van der Waals surface area contributed by atoms with Crippen molar-refractivity contribution in [1.82, 2.24) is 4.90 Å². The number of hydrogen-bond donors (Lipinski definition) is 0. The number of hydrogen-bond acceptors (Lipinski definition) is 4. The molecule has 1 fully saturated rings. The summed E-state index contributed by atoms with van der Waals surface area (Å²) in [5.74, 6) is 1.02. The molecule has 0 aromatic carbocycles. The van der Waals surface area contributed by atoms with Crippen molar-refractivity contribution in [1.29, 1.82) is 0 Å². The van der Waals surface area contributed by atoms with Gasteiger partial charge in [-0.3, -0.25) is 9.69 Å². The second-order valence-electron chi connectivity index (χ2n) is 9.82. The number of unbranched alkanes of at least 4 members (excludes halogenated alkanes) is 12. The van der Waals surface area contributed by atoms with Gasteiger partial charge in [0.1, 0.15) is 19.0 Å². The van der Waals surface area contributed by atoms with Crippen LogP contribution in [0.25, 0.3) is 0 Å². The highest BCUT2D eigenvalue weighted by Crippen LogP contribution is 2.30. The SMILES string of the molecule is CCCCCCCCCN(CCCCCCCCC)CC(OCCOC(=O)CC)=C1CCC1. The van der Waals surface area contributed by atoms with Crippen molar-refractivity contribution in [2.24, 2.45) is 0 Å². The molecule has 0 aliphatic heterocycles. The van der Waals surface area contributed by atoms with E-state index in [-0.39, 0.29) is 5.97 Å². The molecule has 4 nitrogen and oxygen atoms in total. The van der Waals surface area contributed by atoms with Crippen molar-refractivity contribution in [3.8, 4) is 0 Å². The summed E-state index contributed by atoms with van der Waals surface area (Å²) < 4.78 is 11.4. The number of rotatable bonds is 23. The van der Waals surface area contributed by atoms with E-state index in [1.165, 1.54) is 134 Å². The minimum absolute atomic E-state index is 0.143. The zero-order valence-corrected chi connectivity index (χ0v) is 22.4. The molecule has 0 radical (unpaired) electrons. The van der Waals surface area contributed by atoms with Crippen LogP contribution in [0, 0.1) is 0 Å². The van der Waals surface area contributed by atoms with Gasteiger partial charge in [0.15, 0.2) is 0 Å². The van der Waals surface area contributed by atoms with Crippen molar-refractivity contribution in [2.75, 3.05) is 32.8 Å². The van der Waals surface area contributed by atoms with E-state index in [2.05, 4.69) is 18.7 Å². The van der Waals surface area contributed by atoms with Crippen LogP contribution in [0.3, 0.4) is 0 Å². The molecule has 0 atom stereocenters. The zero-order chi connectivity index (χ0) is 24.0. The maximum atomic E-state index is 11.4. The van der Waals surface area contributed by atoms with Gasteiger partial charge in [0.25, 0.3) is 0 Å². The Kier molecular flexibility index (Phi) is 19.5. The van der Waals surface area contributed by atoms with Crippen LogP contribution in [0.1, 0.15) is 136 Å². The van der Waals surface area contributed by atoms with Crippen LogP contribution in [-0.4, -0.2) is 43.7 Å². The number of allylic oxidation sites excluding steroid dienone is 1. The Hall–Kier alpha value is -1.03. The summed E-state index contributed by atoms with van der Waals surface area (Å²) in [6.45, 7) is 10.5. The summed E-state index contributed by atoms with van der Waals surface area (Å²) in [5.41, 5.74) is 1.49. The number of carbonyl (C=O) groups is 1. The van der Waals surface area contributed by atoms with Gasteiger partial charge in [0.05, 0.1) is 6.54 Å². The quantitative estimate of drug-likeness (QED) is 0.0866. The van der Waals surface area contributed by atoms with E-state index in [4.69, 9.17) is 9.47 Å². The number of ether oxygens (including phenoxy) is 2. The highest BCUT2D eigenvalue weighted by atomic mass is 16.6. The van der Waals surface area contributed by atoms with Gasteiger partial charge in [0, 0.05) is 6.42 Å². The lowest BCUT2D eigenvalue weighted by atomic mass is 9.91. The van der Waals surface area contributed by atoms with E-state index in [0.29, 0.717) is 19.6 Å². The summed E-state index contributed by atoms with van der Waals surface area (Å²) >= 11 is 0. The van der Waals surface area contributed by atoms with Gasteiger partial charge in [0.2, 0.25) is 0 Å². The van der Waals surface area contributed by atoms with Crippen LogP contribution in [0.4, 0.5) is 0 Å². The lowest BCUT2D eigenvalue weighted by molar-refractivity contribution is -0.144. The maximum Gasteiger partial charge on any atom is 0.305 e. The Morgan fingerprint density at radius 2 is 1.18 bits per heavy atom. The van der Waals surface area contributed by atoms with E-state index in [0.717, 1.165) is 6.54 Å². The monoisotopic (exact) mass is 465 g/mol. The third-order valence-corrected chi connectivity index (χ3v) is 6.79. The fraction of sp³-hybridized carbons (Fsp3) is 0.897. The summed E-state index contributed by atoms with van der Waals surface area (Å²) in [7, 11) is 0. The predicted octanol–water partition coefficient (Wildman–Crippen LogP) is 8.20. The van der Waals surface area contributed by atoms with Gasteiger partial charge in [-0.1, -0.05) is 97.8 Å². The molecule has 1 saturated carbocycles. The molecule has 1 rings (SSSR count). The Bertz CT molecular complexity index is 479. The molecule has 194 valence electrons. The Labute approximate surface area is 205 Å². The molecule has 0 spiro atoms. The molecule has 1 aliphatic carbocycles. The van der Waals surface area contributed by atoms with Gasteiger partial charge < -0.3 is 9.47 Å². The van der Waals surface area contributed by atoms with E-state index < -0.39 is 0 Å². The summed E-state index contributed by atoms with van der Waals surface area (Å²) in [5, 5.41) is 0. The molecular formula is C29H55NO3. The molecule has 0 N–H and O–H groups in total. The number of esters is 1. The van der Waals surface area contributed by atoms with Gasteiger partial charge in [-0.25, -0.2) is 0 Å². The summed E-state index contributed by atoms with van der Waals surface area (Å²) in [6, 6.07) is 0. The average Bonchev–Trinajstić information content (AvgIpc) is 2.78. The summed E-state index contributed by atoms with van der Waals surface area (Å²) in [4.78, 5) is 14.0. The molecule has 4 heteroatoms. The number of nitrogens with zero attached hydrogens (tertiary/aromatic N) is 1. The Morgan fingerprint density at radius 1 is 0.697 bits per heavy atom. The minimum atomic E-state index is -0.143. The maximum absolute atomic E-state index is 11.4. The zero-order valence-electron chi connectivity index (χ0n) is 22.4. The molecule has 0 bridgehead atoms. The van der Waals surface area contributed by atoms with Crippen molar-refractivity contribution >= 4 is 5.97 Å². The van der Waals surface area contributed by atoms with Crippen LogP contribution in [0.15, 0.2) is 11.3 Å². The lowest BCUT2D eigenvalue weighted by Gasteiger charge is -2.28. The third-order valence-electron chi connectivity index (χ3n) is 6.79. The van der Waals surface area contributed by atoms with Crippen LogP contribution >= 0.6 is 0 Å². The van der Waals surface area contributed by atoms with Gasteiger partial charge in [-0.2, -0.15) is 0 Å². The highest BCUT2D eigenvalue weighted by molar-refractivity contribution is 5.68. The summed E-state index contributed by atoms with van der Waals surface area (Å²) in [6.07, 6.45) is 23.0. The van der Waals surface area contributed by atoms with Gasteiger partial charge >= 0.3 is 5.97 Å². The molecule has 0 heterocycles.